The Balaban J connectivity index is 2.16. The Morgan fingerprint density at radius 1 is 1.35 bits per heavy atom. The zero-order chi connectivity index (χ0) is 14.8. The summed E-state index contributed by atoms with van der Waals surface area (Å²) in [7, 11) is -3.69. The fourth-order valence-corrected chi connectivity index (χ4v) is 2.52. The highest BCUT2D eigenvalue weighted by molar-refractivity contribution is 7.89. The van der Waals surface area contributed by atoms with Gasteiger partial charge >= 0.3 is 0 Å². The second-order valence-corrected chi connectivity index (χ2v) is 6.41. The van der Waals surface area contributed by atoms with Crippen LogP contribution in [0.1, 0.15) is 18.2 Å². The van der Waals surface area contributed by atoms with Crippen LogP contribution in [-0.4, -0.2) is 14.5 Å². The van der Waals surface area contributed by atoms with Gasteiger partial charge < -0.3 is 9.73 Å². The first-order chi connectivity index (χ1) is 9.36. The number of furan rings is 1. The highest BCUT2D eigenvalue weighted by atomic mass is 32.2. The summed E-state index contributed by atoms with van der Waals surface area (Å²) in [4.78, 5) is 0.107. The molecule has 0 spiro atoms. The van der Waals surface area contributed by atoms with Crippen LogP contribution in [0, 0.1) is 6.92 Å². The number of hydrogen-bond acceptors (Lipinski definition) is 4. The molecule has 0 aliphatic rings. The average molecular weight is 294 g/mol. The van der Waals surface area contributed by atoms with E-state index in [0.717, 1.165) is 17.0 Å². The fraction of sp³-hybridized carbons (Fsp3) is 0.286. The van der Waals surface area contributed by atoms with Crippen molar-refractivity contribution < 1.29 is 12.8 Å². The highest BCUT2D eigenvalue weighted by Crippen LogP contribution is 2.21. The van der Waals surface area contributed by atoms with E-state index in [0.29, 0.717) is 6.42 Å². The molecule has 3 N–H and O–H groups in total. The molecule has 1 aromatic heterocycles. The van der Waals surface area contributed by atoms with Crippen LogP contribution in [0.3, 0.4) is 0 Å². The fourth-order valence-electron chi connectivity index (χ4n) is 1.98. The average Bonchev–Trinajstić information content (AvgIpc) is 2.83. The van der Waals surface area contributed by atoms with Gasteiger partial charge in [-0.25, -0.2) is 13.6 Å². The van der Waals surface area contributed by atoms with E-state index < -0.39 is 10.0 Å². The molecule has 0 saturated carbocycles. The van der Waals surface area contributed by atoms with E-state index in [1.165, 1.54) is 6.07 Å². The molecule has 2 aromatic rings. The lowest BCUT2D eigenvalue weighted by atomic mass is 10.1. The monoisotopic (exact) mass is 294 g/mol. The Labute approximate surface area is 118 Å². The maximum Gasteiger partial charge on any atom is 0.238 e. The van der Waals surface area contributed by atoms with Gasteiger partial charge in [-0.2, -0.15) is 0 Å². The van der Waals surface area contributed by atoms with Gasteiger partial charge in [-0.3, -0.25) is 0 Å². The Morgan fingerprint density at radius 3 is 2.70 bits per heavy atom. The first-order valence-electron chi connectivity index (χ1n) is 6.28. The standard InChI is InChI=1S/C14H18N2O3S/c1-10-5-6-13(20(15,17)18)9-14(10)16-11(2)8-12-4-3-7-19-12/h3-7,9,11,16H,8H2,1-2H3,(H2,15,17,18). The maximum atomic E-state index is 11.4. The second kappa shape index (κ2) is 5.68. The first-order valence-corrected chi connectivity index (χ1v) is 7.83. The minimum Gasteiger partial charge on any atom is -0.469 e. The normalized spacial score (nSPS) is 13.2. The van der Waals surface area contributed by atoms with E-state index in [1.807, 2.05) is 26.0 Å². The van der Waals surface area contributed by atoms with Gasteiger partial charge in [-0.1, -0.05) is 6.07 Å². The quantitative estimate of drug-likeness (QED) is 0.886. The summed E-state index contributed by atoms with van der Waals surface area (Å²) in [5, 5.41) is 8.43. The van der Waals surface area contributed by atoms with E-state index in [9.17, 15) is 8.42 Å². The molecule has 0 fully saturated rings. The largest absolute Gasteiger partial charge is 0.469 e. The molecule has 0 radical (unpaired) electrons. The number of nitrogens with two attached hydrogens (primary N) is 1. The third kappa shape index (κ3) is 3.61. The number of rotatable bonds is 5. The molecule has 0 saturated heterocycles. The van der Waals surface area contributed by atoms with Crippen molar-refractivity contribution in [2.75, 3.05) is 5.32 Å². The summed E-state index contributed by atoms with van der Waals surface area (Å²) < 4.78 is 28.0. The van der Waals surface area contributed by atoms with Crippen molar-refractivity contribution >= 4 is 15.7 Å². The van der Waals surface area contributed by atoms with E-state index in [4.69, 9.17) is 9.56 Å². The molecule has 6 heteroatoms. The number of nitrogens with one attached hydrogen (secondary N) is 1. The van der Waals surface area contributed by atoms with Gasteiger partial charge in [0.1, 0.15) is 5.76 Å². The Kier molecular flexibility index (Phi) is 4.15. The van der Waals surface area contributed by atoms with Gasteiger partial charge in [0.15, 0.2) is 0 Å². The molecule has 1 heterocycles. The molecule has 5 nitrogen and oxygen atoms in total. The summed E-state index contributed by atoms with van der Waals surface area (Å²) in [5.41, 5.74) is 1.72. The van der Waals surface area contributed by atoms with Crippen molar-refractivity contribution in [1.82, 2.24) is 0 Å². The summed E-state index contributed by atoms with van der Waals surface area (Å²) in [5.74, 6) is 0.880. The summed E-state index contributed by atoms with van der Waals surface area (Å²) in [6.07, 6.45) is 2.35. The van der Waals surface area contributed by atoms with Crippen LogP contribution in [0.5, 0.6) is 0 Å². The van der Waals surface area contributed by atoms with Crippen LogP contribution in [0.25, 0.3) is 0 Å². The molecule has 0 aliphatic carbocycles. The summed E-state index contributed by atoms with van der Waals surface area (Å²) in [6.45, 7) is 3.92. The molecular weight excluding hydrogens is 276 g/mol. The zero-order valence-electron chi connectivity index (χ0n) is 11.5. The van der Waals surface area contributed by atoms with Crippen LogP contribution in [0.15, 0.2) is 45.9 Å². The lowest BCUT2D eigenvalue weighted by Gasteiger charge is -2.16. The van der Waals surface area contributed by atoms with Crippen molar-refractivity contribution in [1.29, 1.82) is 0 Å². The van der Waals surface area contributed by atoms with Crippen LogP contribution in [-0.2, 0) is 16.4 Å². The summed E-state index contributed by atoms with van der Waals surface area (Å²) in [6, 6.07) is 8.66. The van der Waals surface area contributed by atoms with Gasteiger partial charge in [0.25, 0.3) is 0 Å². The zero-order valence-corrected chi connectivity index (χ0v) is 12.3. The minimum absolute atomic E-state index is 0.107. The van der Waals surface area contributed by atoms with E-state index in [2.05, 4.69) is 5.32 Å². The molecule has 0 aliphatic heterocycles. The second-order valence-electron chi connectivity index (χ2n) is 4.85. The number of hydrogen-bond donors (Lipinski definition) is 2. The SMILES string of the molecule is Cc1ccc(S(N)(=O)=O)cc1NC(C)Cc1ccco1. The third-order valence-electron chi connectivity index (χ3n) is 3.03. The van der Waals surface area contributed by atoms with Gasteiger partial charge in [-0.15, -0.1) is 0 Å². The molecule has 2 rings (SSSR count). The Morgan fingerprint density at radius 2 is 2.10 bits per heavy atom. The molecule has 1 unspecified atom stereocenters. The van der Waals surface area contributed by atoms with E-state index in [-0.39, 0.29) is 10.9 Å². The van der Waals surface area contributed by atoms with Crippen molar-refractivity contribution in [2.45, 2.75) is 31.2 Å². The number of sulfonamides is 1. The Hall–Kier alpha value is -1.79. The molecule has 0 bridgehead atoms. The van der Waals surface area contributed by atoms with E-state index >= 15 is 0 Å². The van der Waals surface area contributed by atoms with Gasteiger partial charge in [0.2, 0.25) is 10.0 Å². The minimum atomic E-state index is -3.69. The number of primary sulfonamides is 1. The number of anilines is 1. The van der Waals surface area contributed by atoms with Crippen LogP contribution in [0.4, 0.5) is 5.69 Å². The van der Waals surface area contributed by atoms with Crippen molar-refractivity contribution in [2.24, 2.45) is 5.14 Å². The highest BCUT2D eigenvalue weighted by Gasteiger charge is 2.12. The van der Waals surface area contributed by atoms with Gasteiger partial charge in [0, 0.05) is 18.2 Å². The summed E-state index contributed by atoms with van der Waals surface area (Å²) >= 11 is 0. The maximum absolute atomic E-state index is 11.4. The molecule has 0 amide bonds. The molecular formula is C14H18N2O3S. The van der Waals surface area contributed by atoms with Crippen LogP contribution >= 0.6 is 0 Å². The van der Waals surface area contributed by atoms with Gasteiger partial charge in [-0.05, 0) is 43.7 Å². The molecule has 20 heavy (non-hydrogen) atoms. The van der Waals surface area contributed by atoms with Crippen LogP contribution in [0.2, 0.25) is 0 Å². The molecule has 108 valence electrons. The van der Waals surface area contributed by atoms with Gasteiger partial charge in [0.05, 0.1) is 11.2 Å². The van der Waals surface area contributed by atoms with Crippen molar-refractivity contribution in [3.63, 3.8) is 0 Å². The van der Waals surface area contributed by atoms with Crippen LogP contribution < -0.4 is 10.5 Å². The molecule has 1 aromatic carbocycles. The first kappa shape index (κ1) is 14.6. The van der Waals surface area contributed by atoms with Crippen molar-refractivity contribution in [3.05, 3.63) is 47.9 Å². The van der Waals surface area contributed by atoms with E-state index in [1.54, 1.807) is 18.4 Å². The number of benzene rings is 1. The predicted octanol–water partition coefficient (Wildman–Crippen LogP) is 2.28. The third-order valence-corrected chi connectivity index (χ3v) is 3.94. The smallest absolute Gasteiger partial charge is 0.238 e. The number of aryl methyl sites for hydroxylation is 1. The topological polar surface area (TPSA) is 85.3 Å². The lowest BCUT2D eigenvalue weighted by molar-refractivity contribution is 0.497. The Bertz CT molecular complexity index is 678. The van der Waals surface area contributed by atoms with Crippen molar-refractivity contribution in [3.8, 4) is 0 Å². The predicted molar refractivity (Wildman–Crippen MR) is 78.0 cm³/mol. The molecule has 1 atom stereocenters. The lowest BCUT2D eigenvalue weighted by Crippen LogP contribution is -2.19.